The summed E-state index contributed by atoms with van der Waals surface area (Å²) in [5.74, 6) is 0. The Morgan fingerprint density at radius 1 is 1.07 bits per heavy atom. The fraction of sp³-hybridized carbons (Fsp3) is 0.292. The van der Waals surface area contributed by atoms with Crippen molar-refractivity contribution in [2.75, 3.05) is 11.9 Å². The van der Waals surface area contributed by atoms with Gasteiger partial charge in [-0.25, -0.2) is 4.79 Å². The number of nitrogens with zero attached hydrogens (tertiary/aromatic N) is 2. The highest BCUT2D eigenvalue weighted by molar-refractivity contribution is 6.30. The highest BCUT2D eigenvalue weighted by atomic mass is 35.5. The van der Waals surface area contributed by atoms with Crippen molar-refractivity contribution < 1.29 is 4.79 Å². The van der Waals surface area contributed by atoms with Gasteiger partial charge in [0.15, 0.2) is 0 Å². The Kier molecular flexibility index (Phi) is 7.36. The van der Waals surface area contributed by atoms with Crippen LogP contribution in [0.2, 0.25) is 5.02 Å². The second-order valence-electron chi connectivity index (χ2n) is 7.27. The van der Waals surface area contributed by atoms with E-state index in [1.54, 1.807) is 12.1 Å². The molecule has 3 aromatic rings. The molecule has 1 aromatic heterocycles. The number of unbranched alkanes of at least 4 members (excludes halogenated alkanes) is 1. The number of carbonyl (C=O) groups is 1. The van der Waals surface area contributed by atoms with Gasteiger partial charge in [0.25, 0.3) is 0 Å². The number of rotatable bonds is 8. The summed E-state index contributed by atoms with van der Waals surface area (Å²) in [5.41, 5.74) is 4.43. The Labute approximate surface area is 178 Å². The third-order valence-corrected chi connectivity index (χ3v) is 5.29. The lowest BCUT2D eigenvalue weighted by atomic mass is 10.1. The zero-order valence-corrected chi connectivity index (χ0v) is 17.8. The Morgan fingerprint density at radius 2 is 1.83 bits per heavy atom. The number of benzene rings is 2. The van der Waals surface area contributed by atoms with Crippen molar-refractivity contribution in [3.05, 3.63) is 88.7 Å². The fourth-order valence-electron chi connectivity index (χ4n) is 3.25. The molecule has 0 aliphatic carbocycles. The van der Waals surface area contributed by atoms with Gasteiger partial charge in [0, 0.05) is 35.7 Å². The number of nitrogens with one attached hydrogen (secondary N) is 1. The molecule has 2 aromatic carbocycles. The maximum atomic E-state index is 12.9. The molecule has 0 fully saturated rings. The zero-order chi connectivity index (χ0) is 20.6. The molecule has 0 unspecified atom stereocenters. The van der Waals surface area contributed by atoms with Gasteiger partial charge in [-0.1, -0.05) is 49.2 Å². The summed E-state index contributed by atoms with van der Waals surface area (Å²) in [6.07, 6.45) is 4.08. The maximum Gasteiger partial charge on any atom is 0.322 e. The van der Waals surface area contributed by atoms with Crippen LogP contribution in [0.4, 0.5) is 10.5 Å². The summed E-state index contributed by atoms with van der Waals surface area (Å²) >= 11 is 5.94. The molecular formula is C24H28ClN3O. The molecular weight excluding hydrogens is 382 g/mol. The Balaban J connectivity index is 1.73. The van der Waals surface area contributed by atoms with E-state index in [-0.39, 0.29) is 6.03 Å². The molecule has 0 spiro atoms. The lowest BCUT2D eigenvalue weighted by Gasteiger charge is -2.24. The van der Waals surface area contributed by atoms with E-state index < -0.39 is 0 Å². The number of halogens is 1. The summed E-state index contributed by atoms with van der Waals surface area (Å²) in [5, 5.41) is 3.64. The van der Waals surface area contributed by atoms with Gasteiger partial charge in [-0.2, -0.15) is 0 Å². The monoisotopic (exact) mass is 409 g/mol. The molecule has 152 valence electrons. The Bertz CT molecular complexity index is 933. The predicted octanol–water partition coefficient (Wildman–Crippen LogP) is 6.33. The summed E-state index contributed by atoms with van der Waals surface area (Å²) < 4.78 is 2.22. The summed E-state index contributed by atoms with van der Waals surface area (Å²) in [7, 11) is 0. The topological polar surface area (TPSA) is 37.3 Å². The van der Waals surface area contributed by atoms with E-state index in [9.17, 15) is 4.79 Å². The van der Waals surface area contributed by atoms with Gasteiger partial charge in [0.05, 0.1) is 6.54 Å². The first-order valence-corrected chi connectivity index (χ1v) is 10.4. The van der Waals surface area contributed by atoms with E-state index in [1.165, 1.54) is 11.1 Å². The molecule has 0 radical (unpaired) electrons. The molecule has 0 bridgehead atoms. The average Bonchev–Trinajstić information content (AvgIpc) is 3.15. The van der Waals surface area contributed by atoms with Crippen LogP contribution < -0.4 is 5.32 Å². The smallest absolute Gasteiger partial charge is 0.322 e. The van der Waals surface area contributed by atoms with Gasteiger partial charge in [-0.3, -0.25) is 0 Å². The average molecular weight is 410 g/mol. The second-order valence-corrected chi connectivity index (χ2v) is 7.70. The summed E-state index contributed by atoms with van der Waals surface area (Å²) in [6, 6.07) is 19.6. The van der Waals surface area contributed by atoms with Crippen molar-refractivity contribution in [2.45, 2.75) is 39.8 Å². The predicted molar refractivity (Wildman–Crippen MR) is 121 cm³/mol. The maximum absolute atomic E-state index is 12.9. The number of aromatic nitrogens is 1. The van der Waals surface area contributed by atoms with Crippen molar-refractivity contribution in [1.29, 1.82) is 0 Å². The third-order valence-electron chi connectivity index (χ3n) is 5.04. The number of anilines is 1. The molecule has 0 saturated carbocycles. The molecule has 29 heavy (non-hydrogen) atoms. The van der Waals surface area contributed by atoms with Crippen LogP contribution in [0.15, 0.2) is 66.9 Å². The van der Waals surface area contributed by atoms with Crippen LogP contribution >= 0.6 is 11.6 Å². The number of urea groups is 1. The van der Waals surface area contributed by atoms with Gasteiger partial charge in [0.2, 0.25) is 0 Å². The van der Waals surface area contributed by atoms with E-state index in [0.717, 1.165) is 30.8 Å². The quantitative estimate of drug-likeness (QED) is 0.463. The van der Waals surface area contributed by atoms with Gasteiger partial charge in [0.1, 0.15) is 0 Å². The molecule has 0 atom stereocenters. The lowest BCUT2D eigenvalue weighted by Crippen LogP contribution is -2.36. The van der Waals surface area contributed by atoms with Crippen molar-refractivity contribution in [1.82, 2.24) is 9.47 Å². The largest absolute Gasteiger partial charge is 0.345 e. The number of hydrogen-bond donors (Lipinski definition) is 1. The minimum atomic E-state index is -0.0931. The molecule has 5 heteroatoms. The van der Waals surface area contributed by atoms with Gasteiger partial charge in [-0.15, -0.1) is 0 Å². The molecule has 0 saturated heterocycles. The van der Waals surface area contributed by atoms with Crippen molar-refractivity contribution in [3.8, 4) is 0 Å². The first-order chi connectivity index (χ1) is 14.1. The van der Waals surface area contributed by atoms with E-state index >= 15 is 0 Å². The summed E-state index contributed by atoms with van der Waals surface area (Å²) in [4.78, 5) is 14.8. The van der Waals surface area contributed by atoms with E-state index in [1.807, 2.05) is 23.1 Å². The SMILES string of the molecule is CCCCN(Cc1cccn1Cc1ccccc1C)C(=O)Nc1ccc(Cl)cc1. The Hall–Kier alpha value is -2.72. The highest BCUT2D eigenvalue weighted by Gasteiger charge is 2.16. The molecule has 3 rings (SSSR count). The van der Waals surface area contributed by atoms with E-state index in [0.29, 0.717) is 18.1 Å². The van der Waals surface area contributed by atoms with Crippen LogP contribution in [0.3, 0.4) is 0 Å². The van der Waals surface area contributed by atoms with Crippen molar-refractivity contribution in [2.24, 2.45) is 0 Å². The molecule has 1 heterocycles. The van der Waals surface area contributed by atoms with Crippen LogP contribution in [-0.2, 0) is 13.1 Å². The van der Waals surface area contributed by atoms with Crippen LogP contribution in [-0.4, -0.2) is 22.0 Å². The van der Waals surface area contributed by atoms with Gasteiger partial charge >= 0.3 is 6.03 Å². The molecule has 0 aliphatic heterocycles. The second kappa shape index (κ2) is 10.2. The number of hydrogen-bond acceptors (Lipinski definition) is 1. The standard InChI is InChI=1S/C24H28ClN3O/c1-3-4-15-28(24(29)26-22-13-11-21(25)12-14-22)18-23-10-7-16-27(23)17-20-9-6-5-8-19(20)2/h5-14,16H,3-4,15,17-18H2,1-2H3,(H,26,29). The minimum Gasteiger partial charge on any atom is -0.345 e. The van der Waals surface area contributed by atoms with Crippen LogP contribution in [0.1, 0.15) is 36.6 Å². The first-order valence-electron chi connectivity index (χ1n) is 10.1. The van der Waals surface area contributed by atoms with Crippen molar-refractivity contribution in [3.63, 3.8) is 0 Å². The van der Waals surface area contributed by atoms with Crippen LogP contribution in [0, 0.1) is 6.92 Å². The Morgan fingerprint density at radius 3 is 2.55 bits per heavy atom. The number of carbonyl (C=O) groups excluding carboxylic acids is 1. The summed E-state index contributed by atoms with van der Waals surface area (Å²) in [6.45, 7) is 6.35. The number of aryl methyl sites for hydroxylation is 1. The minimum absolute atomic E-state index is 0.0931. The lowest BCUT2D eigenvalue weighted by molar-refractivity contribution is 0.207. The molecule has 2 amide bonds. The van der Waals surface area contributed by atoms with Gasteiger partial charge < -0.3 is 14.8 Å². The van der Waals surface area contributed by atoms with E-state index in [4.69, 9.17) is 11.6 Å². The van der Waals surface area contributed by atoms with Crippen LogP contribution in [0.25, 0.3) is 0 Å². The fourth-order valence-corrected chi connectivity index (χ4v) is 3.38. The van der Waals surface area contributed by atoms with Gasteiger partial charge in [-0.05, 0) is 60.9 Å². The molecule has 1 N–H and O–H groups in total. The van der Waals surface area contributed by atoms with Crippen LogP contribution in [0.5, 0.6) is 0 Å². The number of amides is 2. The zero-order valence-electron chi connectivity index (χ0n) is 17.1. The molecule has 4 nitrogen and oxygen atoms in total. The molecule has 0 aliphatic rings. The third kappa shape index (κ3) is 5.88. The van der Waals surface area contributed by atoms with Crippen molar-refractivity contribution >= 4 is 23.3 Å². The highest BCUT2D eigenvalue weighted by Crippen LogP contribution is 2.17. The van der Waals surface area contributed by atoms with E-state index in [2.05, 4.69) is 60.3 Å². The normalized spacial score (nSPS) is 10.7. The first kappa shape index (κ1) is 21.0.